The fourth-order valence-electron chi connectivity index (χ4n) is 2.69. The summed E-state index contributed by atoms with van der Waals surface area (Å²) in [6.07, 6.45) is 7.57. The SMILES string of the molecule is CCC1CCCCC1OC(=O)Cc1ccc(N)cn1. The standard InChI is InChI=1S/C15H22N2O2/c1-2-11-5-3-4-6-14(11)19-15(18)9-13-8-7-12(16)10-17-13/h7-8,10-11,14H,2-6,9,16H2,1H3. The van der Waals surface area contributed by atoms with Crippen LogP contribution < -0.4 is 5.73 Å². The molecule has 0 aliphatic heterocycles. The lowest BCUT2D eigenvalue weighted by molar-refractivity contribution is -0.152. The van der Waals surface area contributed by atoms with Gasteiger partial charge < -0.3 is 10.5 Å². The Morgan fingerprint density at radius 1 is 1.42 bits per heavy atom. The number of aromatic nitrogens is 1. The maximum Gasteiger partial charge on any atom is 0.312 e. The zero-order chi connectivity index (χ0) is 13.7. The monoisotopic (exact) mass is 262 g/mol. The third-order valence-electron chi connectivity index (χ3n) is 3.82. The number of ether oxygens (including phenoxy) is 1. The third-order valence-corrected chi connectivity index (χ3v) is 3.82. The number of nitrogens with zero attached hydrogens (tertiary/aromatic N) is 1. The van der Waals surface area contributed by atoms with Gasteiger partial charge in [0.2, 0.25) is 0 Å². The second-order valence-electron chi connectivity index (χ2n) is 5.24. The average molecular weight is 262 g/mol. The number of pyridine rings is 1. The van der Waals surface area contributed by atoms with Crippen LogP contribution >= 0.6 is 0 Å². The molecule has 1 saturated carbocycles. The first-order valence-electron chi connectivity index (χ1n) is 7.09. The Kier molecular flexibility index (Phi) is 4.77. The number of carbonyl (C=O) groups excluding carboxylic acids is 1. The van der Waals surface area contributed by atoms with E-state index in [0.717, 1.165) is 19.3 Å². The summed E-state index contributed by atoms with van der Waals surface area (Å²) >= 11 is 0. The first-order chi connectivity index (χ1) is 9.19. The van der Waals surface area contributed by atoms with Crippen LogP contribution in [0.4, 0.5) is 5.69 Å². The van der Waals surface area contributed by atoms with E-state index >= 15 is 0 Å². The van der Waals surface area contributed by atoms with Crippen LogP contribution in [0.25, 0.3) is 0 Å². The largest absolute Gasteiger partial charge is 0.462 e. The van der Waals surface area contributed by atoms with Gasteiger partial charge in [0.25, 0.3) is 0 Å². The molecule has 0 radical (unpaired) electrons. The van der Waals surface area contributed by atoms with Crippen molar-refractivity contribution in [3.8, 4) is 0 Å². The molecule has 104 valence electrons. The minimum atomic E-state index is -0.178. The molecular weight excluding hydrogens is 240 g/mol. The normalized spacial score (nSPS) is 23.0. The molecule has 0 aromatic carbocycles. The highest BCUT2D eigenvalue weighted by atomic mass is 16.5. The molecule has 2 rings (SSSR count). The Labute approximate surface area is 114 Å². The Hall–Kier alpha value is -1.58. The van der Waals surface area contributed by atoms with E-state index in [1.165, 1.54) is 12.8 Å². The van der Waals surface area contributed by atoms with E-state index < -0.39 is 0 Å². The van der Waals surface area contributed by atoms with Gasteiger partial charge >= 0.3 is 5.97 Å². The van der Waals surface area contributed by atoms with Gasteiger partial charge in [0.1, 0.15) is 6.10 Å². The molecule has 19 heavy (non-hydrogen) atoms. The lowest BCUT2D eigenvalue weighted by Crippen LogP contribution is -2.30. The Morgan fingerprint density at radius 2 is 2.21 bits per heavy atom. The van der Waals surface area contributed by atoms with Crippen molar-refractivity contribution in [1.29, 1.82) is 0 Å². The van der Waals surface area contributed by atoms with Gasteiger partial charge in [-0.2, -0.15) is 0 Å². The van der Waals surface area contributed by atoms with E-state index in [0.29, 0.717) is 17.3 Å². The van der Waals surface area contributed by atoms with E-state index in [9.17, 15) is 4.79 Å². The van der Waals surface area contributed by atoms with E-state index in [-0.39, 0.29) is 18.5 Å². The third kappa shape index (κ3) is 3.94. The predicted octanol–water partition coefficient (Wildman–Crippen LogP) is 2.72. The van der Waals surface area contributed by atoms with Crippen LogP contribution in [0.5, 0.6) is 0 Å². The van der Waals surface area contributed by atoms with Gasteiger partial charge in [-0.25, -0.2) is 0 Å². The van der Waals surface area contributed by atoms with Crippen LogP contribution in [0.2, 0.25) is 0 Å². The van der Waals surface area contributed by atoms with Crippen molar-refractivity contribution >= 4 is 11.7 Å². The number of anilines is 1. The molecule has 0 saturated heterocycles. The van der Waals surface area contributed by atoms with E-state index in [2.05, 4.69) is 11.9 Å². The van der Waals surface area contributed by atoms with Crippen molar-refractivity contribution < 1.29 is 9.53 Å². The number of nitrogen functional groups attached to an aromatic ring is 1. The molecule has 1 aromatic rings. The van der Waals surface area contributed by atoms with E-state index in [1.54, 1.807) is 18.3 Å². The summed E-state index contributed by atoms with van der Waals surface area (Å²) in [5.74, 6) is 0.347. The number of rotatable bonds is 4. The molecule has 0 bridgehead atoms. The second kappa shape index (κ2) is 6.55. The molecule has 1 aliphatic carbocycles. The lowest BCUT2D eigenvalue weighted by atomic mass is 9.85. The predicted molar refractivity (Wildman–Crippen MR) is 74.5 cm³/mol. The molecule has 1 fully saturated rings. The lowest BCUT2D eigenvalue weighted by Gasteiger charge is -2.30. The molecule has 2 N–H and O–H groups in total. The smallest absolute Gasteiger partial charge is 0.312 e. The number of carbonyl (C=O) groups is 1. The summed E-state index contributed by atoms with van der Waals surface area (Å²) in [7, 11) is 0. The van der Waals surface area contributed by atoms with E-state index in [4.69, 9.17) is 10.5 Å². The van der Waals surface area contributed by atoms with Crippen molar-refractivity contribution in [2.24, 2.45) is 5.92 Å². The van der Waals surface area contributed by atoms with Crippen LogP contribution in [-0.2, 0) is 16.0 Å². The quantitative estimate of drug-likeness (QED) is 0.847. The van der Waals surface area contributed by atoms with Gasteiger partial charge in [-0.1, -0.05) is 13.3 Å². The Morgan fingerprint density at radius 3 is 2.89 bits per heavy atom. The topological polar surface area (TPSA) is 65.2 Å². The van der Waals surface area contributed by atoms with Crippen LogP contribution in [0.15, 0.2) is 18.3 Å². The summed E-state index contributed by atoms with van der Waals surface area (Å²) in [6, 6.07) is 3.53. The van der Waals surface area contributed by atoms with Gasteiger partial charge in [0.05, 0.1) is 24.0 Å². The fraction of sp³-hybridized carbons (Fsp3) is 0.600. The zero-order valence-electron chi connectivity index (χ0n) is 11.5. The summed E-state index contributed by atoms with van der Waals surface area (Å²) < 4.78 is 5.62. The van der Waals surface area contributed by atoms with Gasteiger partial charge in [-0.05, 0) is 43.7 Å². The van der Waals surface area contributed by atoms with Crippen molar-refractivity contribution in [2.75, 3.05) is 5.73 Å². The van der Waals surface area contributed by atoms with Gasteiger partial charge in [0.15, 0.2) is 0 Å². The first-order valence-corrected chi connectivity index (χ1v) is 7.09. The zero-order valence-corrected chi connectivity index (χ0v) is 11.5. The Balaban J connectivity index is 1.88. The number of hydrogen-bond acceptors (Lipinski definition) is 4. The molecule has 2 unspecified atom stereocenters. The molecule has 1 aliphatic rings. The highest BCUT2D eigenvalue weighted by Gasteiger charge is 2.26. The van der Waals surface area contributed by atoms with Crippen molar-refractivity contribution in [3.05, 3.63) is 24.0 Å². The Bertz CT molecular complexity index is 417. The van der Waals surface area contributed by atoms with Gasteiger partial charge in [-0.3, -0.25) is 9.78 Å². The van der Waals surface area contributed by atoms with Gasteiger partial charge in [0, 0.05) is 0 Å². The van der Waals surface area contributed by atoms with Gasteiger partial charge in [-0.15, -0.1) is 0 Å². The van der Waals surface area contributed by atoms with Crippen molar-refractivity contribution in [3.63, 3.8) is 0 Å². The number of esters is 1. The molecule has 2 atom stereocenters. The maximum absolute atomic E-state index is 11.9. The van der Waals surface area contributed by atoms with Crippen molar-refractivity contribution in [2.45, 2.75) is 51.6 Å². The van der Waals surface area contributed by atoms with Crippen LogP contribution in [0.1, 0.15) is 44.7 Å². The summed E-state index contributed by atoms with van der Waals surface area (Å²) in [5, 5.41) is 0. The molecular formula is C15H22N2O2. The average Bonchev–Trinajstić information content (AvgIpc) is 2.42. The molecule has 4 heteroatoms. The number of hydrogen-bond donors (Lipinski definition) is 1. The first kappa shape index (κ1) is 13.8. The minimum absolute atomic E-state index is 0.0973. The molecule has 0 spiro atoms. The molecule has 0 amide bonds. The highest BCUT2D eigenvalue weighted by molar-refractivity contribution is 5.72. The molecule has 1 heterocycles. The van der Waals surface area contributed by atoms with E-state index in [1.807, 2.05) is 0 Å². The maximum atomic E-state index is 11.9. The minimum Gasteiger partial charge on any atom is -0.462 e. The molecule has 1 aromatic heterocycles. The second-order valence-corrected chi connectivity index (χ2v) is 5.24. The van der Waals surface area contributed by atoms with Crippen LogP contribution in [0.3, 0.4) is 0 Å². The summed E-state index contributed by atoms with van der Waals surface area (Å²) in [4.78, 5) is 16.1. The van der Waals surface area contributed by atoms with Crippen LogP contribution in [0, 0.1) is 5.92 Å². The summed E-state index contributed by atoms with van der Waals surface area (Å²) in [6.45, 7) is 2.17. The molecule has 4 nitrogen and oxygen atoms in total. The number of nitrogens with two attached hydrogens (primary N) is 1. The van der Waals surface area contributed by atoms with Crippen molar-refractivity contribution in [1.82, 2.24) is 4.98 Å². The fourth-order valence-corrected chi connectivity index (χ4v) is 2.69. The summed E-state index contributed by atoms with van der Waals surface area (Å²) in [5.41, 5.74) is 6.88. The van der Waals surface area contributed by atoms with Crippen LogP contribution in [-0.4, -0.2) is 17.1 Å². The highest BCUT2D eigenvalue weighted by Crippen LogP contribution is 2.29.